The van der Waals surface area contributed by atoms with E-state index in [1.54, 1.807) is 6.07 Å². The van der Waals surface area contributed by atoms with Crippen LogP contribution in [0.4, 0.5) is 0 Å². The summed E-state index contributed by atoms with van der Waals surface area (Å²) in [6.45, 7) is 8.36. The number of hydrogen-bond acceptors (Lipinski definition) is 6. The number of rotatable bonds is 3. The van der Waals surface area contributed by atoms with Gasteiger partial charge in [0.15, 0.2) is 0 Å². The molecule has 0 radical (unpaired) electrons. The molecule has 0 unspecified atom stereocenters. The minimum absolute atomic E-state index is 0.139. The van der Waals surface area contributed by atoms with E-state index in [0.29, 0.717) is 41.4 Å². The number of unbranched alkanes of at least 4 members (excludes halogenated alkanes) is 1. The van der Waals surface area contributed by atoms with E-state index in [1.807, 2.05) is 62.4 Å². The SMILES string of the molecule is CC.CCCC.O=c1oc2cc(O)cc(O)c2cc1C1=CC2=C(C=C(c3cc4ccc5ccccc5c4oc3=O)CC2)CC1. The normalized spacial score (nSPS) is 14.3. The van der Waals surface area contributed by atoms with E-state index in [-0.39, 0.29) is 22.7 Å². The van der Waals surface area contributed by atoms with Gasteiger partial charge >= 0.3 is 11.3 Å². The van der Waals surface area contributed by atoms with Gasteiger partial charge in [0.2, 0.25) is 0 Å². The van der Waals surface area contributed by atoms with Gasteiger partial charge in [-0.2, -0.15) is 0 Å². The molecule has 2 N–H and O–H groups in total. The molecule has 6 nitrogen and oxygen atoms in total. The Balaban J connectivity index is 0.000000595. The van der Waals surface area contributed by atoms with E-state index in [4.69, 9.17) is 8.83 Å². The zero-order valence-corrected chi connectivity index (χ0v) is 25.7. The molecule has 0 aliphatic heterocycles. The van der Waals surface area contributed by atoms with Crippen molar-refractivity contribution in [3.05, 3.63) is 116 Å². The topological polar surface area (TPSA) is 101 Å². The molecule has 7 rings (SSSR count). The van der Waals surface area contributed by atoms with E-state index >= 15 is 0 Å². The van der Waals surface area contributed by atoms with Crippen LogP contribution in [0.25, 0.3) is 43.9 Å². The highest BCUT2D eigenvalue weighted by atomic mass is 16.4. The van der Waals surface area contributed by atoms with Crippen LogP contribution in [0, 0.1) is 0 Å². The lowest BCUT2D eigenvalue weighted by Gasteiger charge is -2.23. The second-order valence-electron chi connectivity index (χ2n) is 10.9. The highest BCUT2D eigenvalue weighted by Gasteiger charge is 2.23. The fourth-order valence-corrected chi connectivity index (χ4v) is 5.66. The maximum Gasteiger partial charge on any atom is 0.343 e. The van der Waals surface area contributed by atoms with E-state index in [0.717, 1.165) is 44.9 Å². The molecule has 0 spiro atoms. The third-order valence-corrected chi connectivity index (χ3v) is 8.07. The van der Waals surface area contributed by atoms with Gasteiger partial charge in [-0.05, 0) is 65.5 Å². The van der Waals surface area contributed by atoms with Crippen molar-refractivity contribution in [2.75, 3.05) is 0 Å². The first kappa shape index (κ1) is 30.6. The standard InChI is InChI=1S/C32H22O6.C4H10.C2H6/c33-23-14-28(34)27-16-26(31(35)37-29(27)15-23)21-9-7-18-11-20(8-6-19(18)12-21)25-13-22-10-5-17-3-1-2-4-24(17)30(22)38-32(25)36;1-3-4-2;1-2/h1-5,10-16,33-34H,6-9H2;3-4H2,1-2H3;1-2H3. The maximum absolute atomic E-state index is 13.0. The van der Waals surface area contributed by atoms with Gasteiger partial charge in [-0.1, -0.05) is 89.1 Å². The average molecular weight is 591 g/mol. The number of benzene rings is 3. The third kappa shape index (κ3) is 5.98. The van der Waals surface area contributed by atoms with Gasteiger partial charge in [0, 0.05) is 22.9 Å². The van der Waals surface area contributed by atoms with Crippen LogP contribution in [0.3, 0.4) is 0 Å². The molecule has 0 amide bonds. The molecule has 2 aliphatic rings. The summed E-state index contributed by atoms with van der Waals surface area (Å²) in [6.07, 6.45) is 9.50. The van der Waals surface area contributed by atoms with E-state index < -0.39 is 5.63 Å². The average Bonchev–Trinajstić information content (AvgIpc) is 3.04. The van der Waals surface area contributed by atoms with Crippen LogP contribution in [-0.2, 0) is 0 Å². The Hall–Kier alpha value is -4.84. The number of phenols is 2. The lowest BCUT2D eigenvalue weighted by molar-refractivity contribution is 0.451. The first-order chi connectivity index (χ1) is 21.4. The van der Waals surface area contributed by atoms with Crippen LogP contribution >= 0.6 is 0 Å². The van der Waals surface area contributed by atoms with Gasteiger partial charge in [0.1, 0.15) is 22.7 Å². The van der Waals surface area contributed by atoms with Crippen molar-refractivity contribution < 1.29 is 19.0 Å². The molecule has 2 aliphatic carbocycles. The monoisotopic (exact) mass is 590 g/mol. The summed E-state index contributed by atoms with van der Waals surface area (Å²) >= 11 is 0. The smallest absolute Gasteiger partial charge is 0.343 e. The molecular formula is C38H38O6. The summed E-state index contributed by atoms with van der Waals surface area (Å²) in [7, 11) is 0. The molecule has 2 aromatic heterocycles. The Morgan fingerprint density at radius 1 is 0.659 bits per heavy atom. The Kier molecular flexibility index (Phi) is 9.19. The van der Waals surface area contributed by atoms with Gasteiger partial charge in [-0.25, -0.2) is 9.59 Å². The number of aromatic hydroxyl groups is 2. The van der Waals surface area contributed by atoms with Crippen molar-refractivity contribution in [1.29, 1.82) is 0 Å². The lowest BCUT2D eigenvalue weighted by Crippen LogP contribution is -2.12. The minimum Gasteiger partial charge on any atom is -0.508 e. The van der Waals surface area contributed by atoms with Crippen molar-refractivity contribution in [2.24, 2.45) is 0 Å². The zero-order chi connectivity index (χ0) is 31.4. The second-order valence-corrected chi connectivity index (χ2v) is 10.9. The van der Waals surface area contributed by atoms with E-state index in [1.165, 1.54) is 25.0 Å². The van der Waals surface area contributed by atoms with Crippen molar-refractivity contribution in [1.82, 2.24) is 0 Å². The molecule has 226 valence electrons. The Morgan fingerprint density at radius 3 is 1.91 bits per heavy atom. The summed E-state index contributed by atoms with van der Waals surface area (Å²) in [6, 6.07) is 18.0. The minimum atomic E-state index is -0.508. The van der Waals surface area contributed by atoms with Crippen molar-refractivity contribution >= 4 is 43.9 Å². The quantitative estimate of drug-likeness (QED) is 0.160. The maximum atomic E-state index is 13.0. The molecule has 44 heavy (non-hydrogen) atoms. The summed E-state index contributed by atoms with van der Waals surface area (Å²) in [4.78, 5) is 25.8. The second kappa shape index (κ2) is 13.2. The Bertz CT molecular complexity index is 2070. The van der Waals surface area contributed by atoms with Crippen molar-refractivity contribution in [2.45, 2.75) is 66.2 Å². The van der Waals surface area contributed by atoms with Crippen molar-refractivity contribution in [3.63, 3.8) is 0 Å². The molecule has 5 aromatic rings. The van der Waals surface area contributed by atoms with Gasteiger partial charge in [0.05, 0.1) is 16.5 Å². The number of phenolic OH excluding ortho intramolecular Hbond substituents is 2. The van der Waals surface area contributed by atoms with E-state index in [9.17, 15) is 19.8 Å². The van der Waals surface area contributed by atoms with Gasteiger partial charge < -0.3 is 19.0 Å². The van der Waals surface area contributed by atoms with E-state index in [2.05, 4.69) is 19.9 Å². The molecule has 0 bridgehead atoms. The molecular weight excluding hydrogens is 552 g/mol. The Morgan fingerprint density at radius 2 is 1.25 bits per heavy atom. The molecule has 2 heterocycles. The van der Waals surface area contributed by atoms with Gasteiger partial charge in [-0.3, -0.25) is 0 Å². The Labute approximate surface area is 256 Å². The predicted molar refractivity (Wildman–Crippen MR) is 179 cm³/mol. The van der Waals surface area contributed by atoms with Crippen molar-refractivity contribution in [3.8, 4) is 11.5 Å². The molecule has 0 saturated heterocycles. The molecule has 0 fully saturated rings. The van der Waals surface area contributed by atoms with Crippen LogP contribution in [-0.4, -0.2) is 10.2 Å². The third-order valence-electron chi connectivity index (χ3n) is 8.07. The predicted octanol–water partition coefficient (Wildman–Crippen LogP) is 9.65. The number of hydrogen-bond donors (Lipinski definition) is 2. The molecule has 3 aromatic carbocycles. The first-order valence-corrected chi connectivity index (χ1v) is 15.5. The molecule has 0 saturated carbocycles. The summed E-state index contributed by atoms with van der Waals surface area (Å²) in [5.74, 6) is -0.315. The highest BCUT2D eigenvalue weighted by Crippen LogP contribution is 2.40. The van der Waals surface area contributed by atoms with Crippen LogP contribution in [0.15, 0.2) is 102 Å². The first-order valence-electron chi connectivity index (χ1n) is 15.5. The number of allylic oxidation sites excluding steroid dienone is 6. The molecule has 0 atom stereocenters. The van der Waals surface area contributed by atoms with Gasteiger partial charge in [0.25, 0.3) is 0 Å². The highest BCUT2D eigenvalue weighted by molar-refractivity contribution is 6.04. The lowest BCUT2D eigenvalue weighted by atomic mass is 9.81. The van der Waals surface area contributed by atoms with Gasteiger partial charge in [-0.15, -0.1) is 0 Å². The van der Waals surface area contributed by atoms with Crippen LogP contribution in [0.2, 0.25) is 0 Å². The van der Waals surface area contributed by atoms with Crippen LogP contribution < -0.4 is 11.3 Å². The van der Waals surface area contributed by atoms with Crippen LogP contribution in [0.5, 0.6) is 11.5 Å². The fourth-order valence-electron chi connectivity index (χ4n) is 5.66. The largest absolute Gasteiger partial charge is 0.508 e. The fraction of sp³-hybridized carbons (Fsp3) is 0.263. The molecule has 6 heteroatoms. The summed E-state index contributed by atoms with van der Waals surface area (Å²) < 4.78 is 11.2. The summed E-state index contributed by atoms with van der Waals surface area (Å²) in [5, 5.41) is 23.2. The number of fused-ring (bicyclic) bond motifs is 4. The zero-order valence-electron chi connectivity index (χ0n) is 25.7. The van der Waals surface area contributed by atoms with Crippen LogP contribution in [0.1, 0.15) is 77.3 Å². The summed E-state index contributed by atoms with van der Waals surface area (Å²) in [5.41, 5.74) is 4.97.